The number of likely N-dealkylation sites (tertiary alicyclic amines) is 1. The predicted molar refractivity (Wildman–Crippen MR) is 51.7 cm³/mol. The van der Waals surface area contributed by atoms with Crippen molar-refractivity contribution in [3.8, 4) is 0 Å². The molecule has 3 nitrogen and oxygen atoms in total. The number of amides is 1. The summed E-state index contributed by atoms with van der Waals surface area (Å²) in [4.78, 5) is 13.2. The first-order valence-electron chi connectivity index (χ1n) is 4.63. The van der Waals surface area contributed by atoms with Gasteiger partial charge in [-0.3, -0.25) is 4.79 Å². The molecule has 0 unspecified atom stereocenters. The van der Waals surface area contributed by atoms with Crippen molar-refractivity contribution in [1.29, 1.82) is 0 Å². The highest BCUT2D eigenvalue weighted by atomic mass is 35.5. The Morgan fingerprint density at radius 3 is 2.77 bits per heavy atom. The maximum atomic E-state index is 11.4. The van der Waals surface area contributed by atoms with Gasteiger partial charge in [0.1, 0.15) is 0 Å². The Morgan fingerprint density at radius 1 is 1.62 bits per heavy atom. The fraction of sp³-hybridized carbons (Fsp3) is 0.889. The fourth-order valence-corrected chi connectivity index (χ4v) is 1.88. The molecule has 0 aromatic heterocycles. The quantitative estimate of drug-likeness (QED) is 0.690. The van der Waals surface area contributed by atoms with Gasteiger partial charge in [0.05, 0.1) is 0 Å². The molecule has 0 saturated carbocycles. The number of halogens is 1. The smallest absolute Gasteiger partial charge is 0.223 e. The first-order chi connectivity index (χ1) is 6.19. The Labute approximate surface area is 83.7 Å². The first kappa shape index (κ1) is 10.8. The summed E-state index contributed by atoms with van der Waals surface area (Å²) in [6.07, 6.45) is 0.409. The second kappa shape index (κ2) is 4.82. The van der Waals surface area contributed by atoms with Crippen molar-refractivity contribution in [3.63, 3.8) is 0 Å². The Balaban J connectivity index is 2.43. The van der Waals surface area contributed by atoms with Gasteiger partial charge in [0.2, 0.25) is 5.91 Å². The van der Waals surface area contributed by atoms with Crippen molar-refractivity contribution in [1.82, 2.24) is 4.90 Å². The molecule has 0 aliphatic carbocycles. The molecular weight excluding hydrogens is 190 g/mol. The summed E-state index contributed by atoms with van der Waals surface area (Å²) in [5.41, 5.74) is 0. The molecule has 1 aliphatic heterocycles. The number of rotatable bonds is 3. The van der Waals surface area contributed by atoms with Crippen molar-refractivity contribution >= 4 is 17.5 Å². The van der Waals surface area contributed by atoms with Crippen molar-refractivity contribution in [2.24, 2.45) is 11.8 Å². The van der Waals surface area contributed by atoms with Crippen LogP contribution in [0.4, 0.5) is 0 Å². The molecule has 1 saturated heterocycles. The standard InChI is InChI=1S/C9H16ClNO2/c1-7-4-11(5-8(7)6-12)9(13)2-3-10/h7-8,12H,2-6H2,1H3/t7-,8-/m0/s1. The lowest BCUT2D eigenvalue weighted by Gasteiger charge is -2.14. The molecule has 2 atom stereocenters. The van der Waals surface area contributed by atoms with Gasteiger partial charge in [-0.25, -0.2) is 0 Å². The molecule has 0 radical (unpaired) electrons. The van der Waals surface area contributed by atoms with E-state index in [0.717, 1.165) is 6.54 Å². The first-order valence-corrected chi connectivity index (χ1v) is 5.17. The lowest BCUT2D eigenvalue weighted by Crippen LogP contribution is -2.29. The van der Waals surface area contributed by atoms with Crippen molar-refractivity contribution in [3.05, 3.63) is 0 Å². The normalized spacial score (nSPS) is 28.1. The van der Waals surface area contributed by atoms with Crippen LogP contribution in [0, 0.1) is 11.8 Å². The summed E-state index contributed by atoms with van der Waals surface area (Å²) in [6.45, 7) is 3.69. The number of carbonyl (C=O) groups is 1. The summed E-state index contributed by atoms with van der Waals surface area (Å²) in [7, 11) is 0. The molecule has 1 N–H and O–H groups in total. The Morgan fingerprint density at radius 2 is 2.31 bits per heavy atom. The number of aliphatic hydroxyl groups is 1. The van der Waals surface area contributed by atoms with E-state index in [2.05, 4.69) is 6.92 Å². The molecule has 76 valence electrons. The van der Waals surface area contributed by atoms with Crippen LogP contribution in [0.5, 0.6) is 0 Å². The number of hydrogen-bond donors (Lipinski definition) is 1. The molecule has 0 aromatic rings. The van der Waals surface area contributed by atoms with Gasteiger partial charge >= 0.3 is 0 Å². The summed E-state index contributed by atoms with van der Waals surface area (Å²) in [6, 6.07) is 0. The Hall–Kier alpha value is -0.280. The number of alkyl halides is 1. The Kier molecular flexibility index (Phi) is 4.00. The van der Waals surface area contributed by atoms with E-state index >= 15 is 0 Å². The van der Waals surface area contributed by atoms with Gasteiger partial charge in [0, 0.05) is 37.9 Å². The summed E-state index contributed by atoms with van der Waals surface area (Å²) in [5, 5.41) is 9.00. The van der Waals surface area contributed by atoms with Gasteiger partial charge in [-0.05, 0) is 5.92 Å². The highest BCUT2D eigenvalue weighted by Gasteiger charge is 2.31. The molecular formula is C9H16ClNO2. The molecule has 1 heterocycles. The highest BCUT2D eigenvalue weighted by Crippen LogP contribution is 2.22. The van der Waals surface area contributed by atoms with Crippen LogP contribution in [0.25, 0.3) is 0 Å². The van der Waals surface area contributed by atoms with Gasteiger partial charge in [-0.2, -0.15) is 0 Å². The molecule has 0 spiro atoms. The van der Waals surface area contributed by atoms with E-state index < -0.39 is 0 Å². The molecule has 0 aromatic carbocycles. The monoisotopic (exact) mass is 205 g/mol. The zero-order valence-corrected chi connectivity index (χ0v) is 8.63. The third kappa shape index (κ3) is 2.58. The van der Waals surface area contributed by atoms with E-state index in [1.165, 1.54) is 0 Å². The van der Waals surface area contributed by atoms with Crippen LogP contribution in [-0.2, 0) is 4.79 Å². The number of nitrogens with zero attached hydrogens (tertiary/aromatic N) is 1. The maximum absolute atomic E-state index is 11.4. The second-order valence-electron chi connectivity index (χ2n) is 3.66. The lowest BCUT2D eigenvalue weighted by atomic mass is 10.00. The minimum Gasteiger partial charge on any atom is -0.396 e. The third-order valence-corrected chi connectivity index (χ3v) is 2.85. The van der Waals surface area contributed by atoms with Gasteiger partial charge in [-0.1, -0.05) is 6.92 Å². The van der Waals surface area contributed by atoms with Gasteiger partial charge < -0.3 is 10.0 Å². The zero-order chi connectivity index (χ0) is 9.84. The lowest BCUT2D eigenvalue weighted by molar-refractivity contribution is -0.129. The SMILES string of the molecule is C[C@H]1CN(C(=O)CCCl)C[C@H]1CO. The van der Waals surface area contributed by atoms with Crippen molar-refractivity contribution in [2.45, 2.75) is 13.3 Å². The van der Waals surface area contributed by atoms with E-state index in [9.17, 15) is 4.79 Å². The average molecular weight is 206 g/mol. The zero-order valence-electron chi connectivity index (χ0n) is 7.87. The summed E-state index contributed by atoms with van der Waals surface area (Å²) in [5.74, 6) is 1.15. The highest BCUT2D eigenvalue weighted by molar-refractivity contribution is 6.18. The van der Waals surface area contributed by atoms with Gasteiger partial charge in [-0.15, -0.1) is 11.6 Å². The third-order valence-electron chi connectivity index (χ3n) is 2.66. The number of aliphatic hydroxyl groups excluding tert-OH is 1. The summed E-state index contributed by atoms with van der Waals surface area (Å²) >= 11 is 5.48. The largest absolute Gasteiger partial charge is 0.396 e. The summed E-state index contributed by atoms with van der Waals surface area (Å²) < 4.78 is 0. The van der Waals surface area contributed by atoms with Gasteiger partial charge in [0.15, 0.2) is 0 Å². The maximum Gasteiger partial charge on any atom is 0.223 e. The van der Waals surface area contributed by atoms with Crippen LogP contribution in [0.15, 0.2) is 0 Å². The molecule has 0 bridgehead atoms. The molecule has 1 rings (SSSR count). The van der Waals surface area contributed by atoms with Crippen LogP contribution in [0.3, 0.4) is 0 Å². The van der Waals surface area contributed by atoms with Crippen molar-refractivity contribution < 1.29 is 9.90 Å². The van der Waals surface area contributed by atoms with E-state index in [-0.39, 0.29) is 18.4 Å². The van der Waals surface area contributed by atoms with Crippen LogP contribution in [0.2, 0.25) is 0 Å². The number of carbonyl (C=O) groups excluding carboxylic acids is 1. The fourth-order valence-electron chi connectivity index (χ4n) is 1.71. The minimum atomic E-state index is 0.109. The topological polar surface area (TPSA) is 40.5 Å². The second-order valence-corrected chi connectivity index (χ2v) is 4.04. The molecule has 1 fully saturated rings. The number of hydrogen-bond acceptors (Lipinski definition) is 2. The molecule has 13 heavy (non-hydrogen) atoms. The van der Waals surface area contributed by atoms with Gasteiger partial charge in [0.25, 0.3) is 0 Å². The molecule has 4 heteroatoms. The van der Waals surface area contributed by atoms with E-state index in [1.807, 2.05) is 0 Å². The minimum absolute atomic E-state index is 0.109. The van der Waals surface area contributed by atoms with Crippen LogP contribution < -0.4 is 0 Å². The average Bonchev–Trinajstić information content (AvgIpc) is 2.47. The predicted octanol–water partition coefficient (Wildman–Crippen LogP) is 0.702. The van der Waals surface area contributed by atoms with E-state index in [1.54, 1.807) is 4.90 Å². The van der Waals surface area contributed by atoms with Crippen LogP contribution in [-0.4, -0.2) is 41.5 Å². The molecule has 1 amide bonds. The van der Waals surface area contributed by atoms with E-state index in [4.69, 9.17) is 16.7 Å². The van der Waals surface area contributed by atoms with E-state index in [0.29, 0.717) is 24.8 Å². The van der Waals surface area contributed by atoms with Crippen LogP contribution in [0.1, 0.15) is 13.3 Å². The Bertz CT molecular complexity index is 186. The van der Waals surface area contributed by atoms with Crippen molar-refractivity contribution in [2.75, 3.05) is 25.6 Å². The molecule has 1 aliphatic rings. The van der Waals surface area contributed by atoms with Crippen LogP contribution >= 0.6 is 11.6 Å².